The molecule has 4 rings (SSSR count). The smallest absolute Gasteiger partial charge is 0.484 e. The van der Waals surface area contributed by atoms with Gasteiger partial charge in [-0.2, -0.15) is 13.2 Å². The average molecular weight is 610 g/mol. The number of benzene rings is 1. The molecule has 0 N–H and O–H groups in total. The monoisotopic (exact) mass is 609 g/mol. The Bertz CT molecular complexity index is 1440. The summed E-state index contributed by atoms with van der Waals surface area (Å²) in [5.74, 6) is 4.53. The number of carbonyl (C=O) groups excluding carboxylic acids is 2. The molecule has 1 saturated heterocycles. The van der Waals surface area contributed by atoms with Crippen LogP contribution >= 0.6 is 10.5 Å². The van der Waals surface area contributed by atoms with Crippen LogP contribution in [0.3, 0.4) is 0 Å². The number of para-hydroxylation sites is 2. The van der Waals surface area contributed by atoms with Crippen molar-refractivity contribution in [1.82, 2.24) is 24.3 Å². The van der Waals surface area contributed by atoms with E-state index in [9.17, 15) is 22.8 Å². The molecule has 3 aromatic rings. The maximum Gasteiger partial charge on any atom is 0.508 e. The van der Waals surface area contributed by atoms with Gasteiger partial charge in [0.05, 0.1) is 23.3 Å². The molecule has 0 spiro atoms. The van der Waals surface area contributed by atoms with Crippen molar-refractivity contribution in [2.75, 3.05) is 46.9 Å². The van der Waals surface area contributed by atoms with Gasteiger partial charge in [-0.3, -0.25) is 4.98 Å². The number of fused-ring (bicyclic) bond motifs is 1. The molecular formula is C28H34F3N5O5S. The number of piperidine rings is 1. The lowest BCUT2D eigenvalue weighted by molar-refractivity contribution is -0.153. The molecule has 0 radical (unpaired) electrons. The summed E-state index contributed by atoms with van der Waals surface area (Å²) in [5, 5.41) is 0.387. The fourth-order valence-electron chi connectivity index (χ4n) is 4.44. The summed E-state index contributed by atoms with van der Waals surface area (Å²) in [7, 11) is 2.68. The minimum Gasteiger partial charge on any atom is -0.484 e. The molecule has 0 aliphatic carbocycles. The average Bonchev–Trinajstić information content (AvgIpc) is 3.33. The van der Waals surface area contributed by atoms with Gasteiger partial charge in [0.2, 0.25) is 0 Å². The summed E-state index contributed by atoms with van der Waals surface area (Å²) in [4.78, 5) is 38.3. The van der Waals surface area contributed by atoms with Gasteiger partial charge in [-0.15, -0.1) is 10.5 Å². The van der Waals surface area contributed by atoms with E-state index in [0.717, 1.165) is 25.9 Å². The van der Waals surface area contributed by atoms with Crippen LogP contribution in [0, 0.1) is 6.92 Å². The number of amides is 1. The Hall–Kier alpha value is -3.65. The first-order valence-corrected chi connectivity index (χ1v) is 14.9. The van der Waals surface area contributed by atoms with Crippen LogP contribution in [0.15, 0.2) is 41.7 Å². The van der Waals surface area contributed by atoms with Crippen LogP contribution in [0.2, 0.25) is 0 Å². The number of ether oxygens (including phenoxy) is 3. The van der Waals surface area contributed by atoms with E-state index in [1.807, 2.05) is 7.05 Å². The van der Waals surface area contributed by atoms with Gasteiger partial charge in [0, 0.05) is 37.7 Å². The first-order valence-electron chi connectivity index (χ1n) is 13.3. The van der Waals surface area contributed by atoms with Gasteiger partial charge in [-0.05, 0) is 45.0 Å². The van der Waals surface area contributed by atoms with Crippen LogP contribution in [-0.2, 0) is 15.2 Å². The van der Waals surface area contributed by atoms with Crippen molar-refractivity contribution in [3.8, 4) is 5.75 Å². The Balaban J connectivity index is 1.44. The lowest BCUT2D eigenvalue weighted by atomic mass is 10.1. The molecule has 3 heterocycles. The van der Waals surface area contributed by atoms with E-state index in [1.165, 1.54) is 21.7 Å². The molecule has 1 unspecified atom stereocenters. The summed E-state index contributed by atoms with van der Waals surface area (Å²) < 4.78 is 55.1. The van der Waals surface area contributed by atoms with E-state index in [0.29, 0.717) is 27.4 Å². The summed E-state index contributed by atoms with van der Waals surface area (Å²) in [5.41, 5.74) is 2.10. The number of nitrogens with zero attached hydrogens (tertiary/aromatic N) is 5. The number of carbonyl (C=O) groups is 2. The fourth-order valence-corrected chi connectivity index (χ4v) is 5.85. The second-order valence-corrected chi connectivity index (χ2v) is 11.7. The number of pyridine rings is 1. The van der Waals surface area contributed by atoms with Gasteiger partial charge in [0.25, 0.3) is 0 Å². The third-order valence-electron chi connectivity index (χ3n) is 6.84. The van der Waals surface area contributed by atoms with Crippen LogP contribution in [0.4, 0.5) is 22.8 Å². The molecule has 1 aliphatic rings. The van der Waals surface area contributed by atoms with Gasteiger partial charge >= 0.3 is 18.4 Å². The first-order chi connectivity index (χ1) is 19.9. The van der Waals surface area contributed by atoms with Gasteiger partial charge < -0.3 is 24.0 Å². The van der Waals surface area contributed by atoms with Gasteiger partial charge in [-0.25, -0.2) is 19.1 Å². The van der Waals surface area contributed by atoms with Gasteiger partial charge in [0.1, 0.15) is 18.5 Å². The number of halogens is 3. The maximum atomic E-state index is 13.6. The number of hydrogen-bond donors (Lipinski definition) is 0. The zero-order valence-corrected chi connectivity index (χ0v) is 24.5. The van der Waals surface area contributed by atoms with E-state index in [4.69, 9.17) is 14.2 Å². The van der Waals surface area contributed by atoms with Gasteiger partial charge in [0.15, 0.2) is 11.8 Å². The number of likely N-dealkylation sites (tertiary alicyclic amines) is 1. The Kier molecular flexibility index (Phi) is 10.1. The van der Waals surface area contributed by atoms with E-state index in [2.05, 4.69) is 20.7 Å². The second-order valence-electron chi connectivity index (χ2n) is 10.1. The molecule has 2 aromatic heterocycles. The Labute approximate surface area is 244 Å². The number of imidazole rings is 1. The summed E-state index contributed by atoms with van der Waals surface area (Å²) >= 11 is 0. The zero-order valence-electron chi connectivity index (χ0n) is 23.7. The van der Waals surface area contributed by atoms with Crippen LogP contribution in [0.1, 0.15) is 24.1 Å². The predicted octanol–water partition coefficient (Wildman–Crippen LogP) is 5.09. The normalized spacial score (nSPS) is 15.4. The van der Waals surface area contributed by atoms with Crippen molar-refractivity contribution in [2.45, 2.75) is 43.0 Å². The SMILES string of the molecule is C=S(Cc1nccc(OCC(F)(F)F)c1C)c1nc2ccccc2n1C(=O)N(C)CCOC(=O)OC1CCN(C)CC1. The molecule has 42 heavy (non-hydrogen) atoms. The maximum absolute atomic E-state index is 13.6. The van der Waals surface area contributed by atoms with E-state index in [1.54, 1.807) is 38.2 Å². The number of alkyl halides is 3. The molecule has 10 nitrogen and oxygen atoms in total. The molecule has 0 saturated carbocycles. The highest BCUT2D eigenvalue weighted by Gasteiger charge is 2.29. The standard InChI is InChI=1S/C28H34F3N5O5S/c1-19-22(32-12-9-24(19)40-18-28(29,30)31)17-42(4)25-33-21-7-5-6-8-23(21)36(25)26(37)35(3)15-16-39-27(38)41-20-10-13-34(2)14-11-20/h5-9,12,20H,4,10-11,13-18H2,1-3H3. The zero-order chi connectivity index (χ0) is 30.4. The Morgan fingerprint density at radius 1 is 1.19 bits per heavy atom. The minimum absolute atomic E-state index is 0.0560. The highest BCUT2D eigenvalue weighted by atomic mass is 32.2. The molecule has 14 heteroatoms. The lowest BCUT2D eigenvalue weighted by Crippen LogP contribution is -2.36. The van der Waals surface area contributed by atoms with Crippen LogP contribution < -0.4 is 4.74 Å². The second kappa shape index (κ2) is 13.6. The largest absolute Gasteiger partial charge is 0.508 e. The third kappa shape index (κ3) is 8.00. The molecule has 0 bridgehead atoms. The highest BCUT2D eigenvalue weighted by Crippen LogP contribution is 2.34. The number of aromatic nitrogens is 3. The van der Waals surface area contributed by atoms with Crippen LogP contribution in [-0.4, -0.2) is 102 Å². The molecule has 1 aliphatic heterocycles. The van der Waals surface area contributed by atoms with E-state index >= 15 is 0 Å². The topological polar surface area (TPSA) is 99.0 Å². The number of hydrogen-bond acceptors (Lipinski definition) is 8. The molecular weight excluding hydrogens is 575 g/mol. The van der Waals surface area contributed by atoms with Crippen molar-refractivity contribution >= 4 is 39.6 Å². The molecule has 1 amide bonds. The minimum atomic E-state index is -4.47. The van der Waals surface area contributed by atoms with Crippen molar-refractivity contribution in [1.29, 1.82) is 0 Å². The van der Waals surface area contributed by atoms with Crippen molar-refractivity contribution in [3.63, 3.8) is 0 Å². The Morgan fingerprint density at radius 2 is 1.90 bits per heavy atom. The van der Waals surface area contributed by atoms with Crippen molar-refractivity contribution in [2.24, 2.45) is 0 Å². The van der Waals surface area contributed by atoms with Crippen LogP contribution in [0.25, 0.3) is 11.0 Å². The first kappa shape index (κ1) is 31.3. The summed E-state index contributed by atoms with van der Waals surface area (Å²) in [6.07, 6.45) is -2.55. The number of rotatable bonds is 9. The van der Waals surface area contributed by atoms with Crippen molar-refractivity contribution in [3.05, 3.63) is 47.8 Å². The van der Waals surface area contributed by atoms with E-state index in [-0.39, 0.29) is 30.8 Å². The third-order valence-corrected chi connectivity index (χ3v) is 8.25. The highest BCUT2D eigenvalue weighted by molar-refractivity contribution is 8.13. The van der Waals surface area contributed by atoms with Crippen LogP contribution in [0.5, 0.6) is 5.75 Å². The molecule has 228 valence electrons. The van der Waals surface area contributed by atoms with E-state index < -0.39 is 35.5 Å². The summed E-state index contributed by atoms with van der Waals surface area (Å²) in [6.45, 7) is 1.96. The van der Waals surface area contributed by atoms with Gasteiger partial charge in [-0.1, -0.05) is 18.0 Å². The molecule has 1 fully saturated rings. The predicted molar refractivity (Wildman–Crippen MR) is 153 cm³/mol. The van der Waals surface area contributed by atoms with Crippen molar-refractivity contribution < 1.29 is 37.0 Å². The lowest BCUT2D eigenvalue weighted by Gasteiger charge is -2.28. The molecule has 1 aromatic carbocycles. The summed E-state index contributed by atoms with van der Waals surface area (Å²) in [6, 6.07) is 8.10. The molecule has 1 atom stereocenters. The number of likely N-dealkylation sites (N-methyl/N-ethyl adjacent to an activating group) is 1. The quantitative estimate of drug-likeness (QED) is 0.245. The Morgan fingerprint density at radius 3 is 2.62 bits per heavy atom. The fraction of sp³-hybridized carbons (Fsp3) is 0.464.